The molecule has 0 fully saturated rings. The fourth-order valence-corrected chi connectivity index (χ4v) is 2.41. The Kier molecular flexibility index (Phi) is 3.65. The van der Waals surface area contributed by atoms with E-state index >= 15 is 0 Å². The lowest BCUT2D eigenvalue weighted by molar-refractivity contribution is 0.0941. The van der Waals surface area contributed by atoms with Crippen molar-refractivity contribution >= 4 is 16.7 Å². The molecule has 0 radical (unpaired) electrons. The molecule has 0 aliphatic carbocycles. The van der Waals surface area contributed by atoms with Gasteiger partial charge >= 0.3 is 0 Å². The van der Waals surface area contributed by atoms with E-state index in [2.05, 4.69) is 10.3 Å². The molecular weight excluding hydrogens is 260 g/mol. The first kappa shape index (κ1) is 13.3. The van der Waals surface area contributed by atoms with Gasteiger partial charge in [-0.15, -0.1) is 0 Å². The zero-order valence-corrected chi connectivity index (χ0v) is 11.8. The number of aromatic nitrogens is 1. The van der Waals surface area contributed by atoms with Crippen molar-refractivity contribution in [1.82, 2.24) is 10.3 Å². The molecule has 1 heterocycles. The largest absolute Gasteiger partial charge is 0.345 e. The Morgan fingerprint density at radius 2 is 1.86 bits per heavy atom. The predicted molar refractivity (Wildman–Crippen MR) is 84.1 cm³/mol. The van der Waals surface area contributed by atoms with Crippen molar-refractivity contribution in [3.05, 3.63) is 78.1 Å². The molecule has 104 valence electrons. The molecule has 1 amide bonds. The van der Waals surface area contributed by atoms with Gasteiger partial charge < -0.3 is 5.32 Å². The molecule has 0 aliphatic rings. The second-order valence-electron chi connectivity index (χ2n) is 5.01. The molecule has 2 aromatic carbocycles. The van der Waals surface area contributed by atoms with Crippen molar-refractivity contribution in [3.63, 3.8) is 0 Å². The van der Waals surface area contributed by atoms with Gasteiger partial charge in [-0.2, -0.15) is 0 Å². The molecule has 3 nitrogen and oxygen atoms in total. The Balaban J connectivity index is 1.88. The van der Waals surface area contributed by atoms with Crippen molar-refractivity contribution in [3.8, 4) is 0 Å². The van der Waals surface area contributed by atoms with Crippen molar-refractivity contribution in [2.75, 3.05) is 0 Å². The fourth-order valence-electron chi connectivity index (χ4n) is 2.41. The van der Waals surface area contributed by atoms with Crippen LogP contribution in [0.5, 0.6) is 0 Å². The Morgan fingerprint density at radius 3 is 2.67 bits per heavy atom. The summed E-state index contributed by atoms with van der Waals surface area (Å²) in [5.41, 5.74) is 1.69. The summed E-state index contributed by atoms with van der Waals surface area (Å²) in [6, 6.07) is 17.4. The average molecular weight is 276 g/mol. The standard InChI is InChI=1S/C18H16N2O/c1-13(15-8-5-11-19-12-15)20-18(21)17-10-4-7-14-6-2-3-9-16(14)17/h2-13H,1H3,(H,20,21). The smallest absolute Gasteiger partial charge is 0.252 e. The van der Waals surface area contributed by atoms with Crippen LogP contribution in [0.4, 0.5) is 0 Å². The van der Waals surface area contributed by atoms with E-state index in [0.717, 1.165) is 16.3 Å². The second-order valence-corrected chi connectivity index (χ2v) is 5.01. The summed E-state index contributed by atoms with van der Waals surface area (Å²) in [6.45, 7) is 1.96. The van der Waals surface area contributed by atoms with Crippen LogP contribution in [0.25, 0.3) is 10.8 Å². The molecule has 21 heavy (non-hydrogen) atoms. The van der Waals surface area contributed by atoms with Gasteiger partial charge in [-0.1, -0.05) is 42.5 Å². The van der Waals surface area contributed by atoms with E-state index in [4.69, 9.17) is 0 Å². The van der Waals surface area contributed by atoms with E-state index in [0.29, 0.717) is 5.56 Å². The van der Waals surface area contributed by atoms with Gasteiger partial charge in [0.25, 0.3) is 5.91 Å². The van der Waals surface area contributed by atoms with E-state index in [1.54, 1.807) is 12.4 Å². The van der Waals surface area contributed by atoms with Crippen LogP contribution < -0.4 is 5.32 Å². The highest BCUT2D eigenvalue weighted by atomic mass is 16.1. The van der Waals surface area contributed by atoms with Crippen LogP contribution in [0.15, 0.2) is 67.0 Å². The van der Waals surface area contributed by atoms with Crippen LogP contribution in [0.2, 0.25) is 0 Å². The number of carbonyl (C=O) groups excluding carboxylic acids is 1. The fraction of sp³-hybridized carbons (Fsp3) is 0.111. The molecule has 0 spiro atoms. The van der Waals surface area contributed by atoms with Gasteiger partial charge in [0.15, 0.2) is 0 Å². The van der Waals surface area contributed by atoms with E-state index in [9.17, 15) is 4.79 Å². The number of nitrogens with one attached hydrogen (secondary N) is 1. The number of rotatable bonds is 3. The summed E-state index contributed by atoms with van der Waals surface area (Å²) in [6.07, 6.45) is 3.50. The number of amides is 1. The Hall–Kier alpha value is -2.68. The van der Waals surface area contributed by atoms with Crippen molar-refractivity contribution < 1.29 is 4.79 Å². The second kappa shape index (κ2) is 5.75. The zero-order chi connectivity index (χ0) is 14.7. The van der Waals surface area contributed by atoms with Gasteiger partial charge in [-0.25, -0.2) is 0 Å². The first-order valence-corrected chi connectivity index (χ1v) is 6.94. The third kappa shape index (κ3) is 2.77. The van der Waals surface area contributed by atoms with Crippen LogP contribution in [0, 0.1) is 0 Å². The van der Waals surface area contributed by atoms with Gasteiger partial charge in [0.05, 0.1) is 6.04 Å². The minimum atomic E-state index is -0.0785. The summed E-state index contributed by atoms with van der Waals surface area (Å²) in [5, 5.41) is 5.06. The summed E-state index contributed by atoms with van der Waals surface area (Å²) in [7, 11) is 0. The lowest BCUT2D eigenvalue weighted by Gasteiger charge is -2.15. The van der Waals surface area contributed by atoms with Gasteiger partial charge in [-0.3, -0.25) is 9.78 Å². The summed E-state index contributed by atoms with van der Waals surface area (Å²) in [5.74, 6) is -0.0665. The number of hydrogen-bond acceptors (Lipinski definition) is 2. The number of fused-ring (bicyclic) bond motifs is 1. The molecule has 1 aromatic heterocycles. The lowest BCUT2D eigenvalue weighted by atomic mass is 10.0. The monoisotopic (exact) mass is 276 g/mol. The van der Waals surface area contributed by atoms with E-state index in [1.165, 1.54) is 0 Å². The highest BCUT2D eigenvalue weighted by Crippen LogP contribution is 2.19. The van der Waals surface area contributed by atoms with Gasteiger partial charge in [0.2, 0.25) is 0 Å². The first-order valence-electron chi connectivity index (χ1n) is 6.94. The van der Waals surface area contributed by atoms with Gasteiger partial charge in [0.1, 0.15) is 0 Å². The normalized spacial score (nSPS) is 12.0. The molecule has 0 aliphatic heterocycles. The molecule has 3 rings (SSSR count). The molecule has 1 unspecified atom stereocenters. The predicted octanol–water partition coefficient (Wildman–Crippen LogP) is 3.73. The average Bonchev–Trinajstić information content (AvgIpc) is 2.55. The molecular formula is C18H16N2O. The highest BCUT2D eigenvalue weighted by Gasteiger charge is 2.13. The Labute approximate surface area is 123 Å². The summed E-state index contributed by atoms with van der Waals surface area (Å²) >= 11 is 0. The number of nitrogens with zero attached hydrogens (tertiary/aromatic N) is 1. The van der Waals surface area contributed by atoms with Crippen molar-refractivity contribution in [2.24, 2.45) is 0 Å². The molecule has 1 atom stereocenters. The lowest BCUT2D eigenvalue weighted by Crippen LogP contribution is -2.26. The third-order valence-corrected chi connectivity index (χ3v) is 3.57. The Morgan fingerprint density at radius 1 is 1.05 bits per heavy atom. The zero-order valence-electron chi connectivity index (χ0n) is 11.8. The van der Waals surface area contributed by atoms with Crippen molar-refractivity contribution in [1.29, 1.82) is 0 Å². The Bertz CT molecular complexity index is 763. The van der Waals surface area contributed by atoms with Gasteiger partial charge in [0, 0.05) is 18.0 Å². The maximum Gasteiger partial charge on any atom is 0.252 e. The van der Waals surface area contributed by atoms with Gasteiger partial charge in [-0.05, 0) is 35.4 Å². The summed E-state index contributed by atoms with van der Waals surface area (Å²) in [4.78, 5) is 16.6. The number of hydrogen-bond donors (Lipinski definition) is 1. The van der Waals surface area contributed by atoms with Crippen LogP contribution in [0.3, 0.4) is 0 Å². The quantitative estimate of drug-likeness (QED) is 0.792. The summed E-state index contributed by atoms with van der Waals surface area (Å²) < 4.78 is 0. The van der Waals surface area contributed by atoms with Crippen LogP contribution in [0.1, 0.15) is 28.9 Å². The molecule has 0 bridgehead atoms. The van der Waals surface area contributed by atoms with Crippen LogP contribution >= 0.6 is 0 Å². The highest BCUT2D eigenvalue weighted by molar-refractivity contribution is 6.07. The molecule has 0 saturated heterocycles. The minimum absolute atomic E-state index is 0.0665. The van der Waals surface area contributed by atoms with E-state index < -0.39 is 0 Å². The van der Waals surface area contributed by atoms with E-state index in [-0.39, 0.29) is 11.9 Å². The SMILES string of the molecule is CC(NC(=O)c1cccc2ccccc12)c1cccnc1. The van der Waals surface area contributed by atoms with E-state index in [1.807, 2.05) is 61.5 Å². The maximum atomic E-state index is 12.5. The number of pyridine rings is 1. The minimum Gasteiger partial charge on any atom is -0.345 e. The maximum absolute atomic E-state index is 12.5. The third-order valence-electron chi connectivity index (χ3n) is 3.57. The molecule has 3 aromatic rings. The topological polar surface area (TPSA) is 42.0 Å². The molecule has 3 heteroatoms. The molecule has 1 N–H and O–H groups in total. The van der Waals surface area contributed by atoms with Crippen LogP contribution in [-0.4, -0.2) is 10.9 Å². The van der Waals surface area contributed by atoms with Crippen molar-refractivity contribution in [2.45, 2.75) is 13.0 Å². The first-order chi connectivity index (χ1) is 10.3. The number of carbonyl (C=O) groups is 1. The van der Waals surface area contributed by atoms with Crippen LogP contribution in [-0.2, 0) is 0 Å². The molecule has 0 saturated carbocycles. The number of benzene rings is 2.